The fourth-order valence-electron chi connectivity index (χ4n) is 3.43. The molecule has 0 saturated carbocycles. The number of rotatable bonds is 6. The molecule has 0 unspecified atom stereocenters. The van der Waals surface area contributed by atoms with E-state index >= 15 is 0 Å². The van der Waals surface area contributed by atoms with Crippen LogP contribution in [0.1, 0.15) is 5.56 Å². The molecule has 1 saturated heterocycles. The molecule has 8 heteroatoms. The number of halogens is 1. The third-order valence-corrected chi connectivity index (χ3v) is 5.10. The van der Waals surface area contributed by atoms with E-state index in [9.17, 15) is 14.0 Å². The van der Waals surface area contributed by atoms with Gasteiger partial charge in [-0.1, -0.05) is 18.2 Å². The summed E-state index contributed by atoms with van der Waals surface area (Å²) >= 11 is 0. The number of nitrogens with zero attached hydrogens (tertiary/aromatic N) is 2. The van der Waals surface area contributed by atoms with E-state index in [2.05, 4.69) is 5.32 Å². The Morgan fingerprint density at radius 2 is 1.70 bits per heavy atom. The molecule has 0 bridgehead atoms. The van der Waals surface area contributed by atoms with Crippen LogP contribution in [0.4, 0.5) is 10.1 Å². The minimum atomic E-state index is -0.630. The van der Waals surface area contributed by atoms with E-state index in [1.54, 1.807) is 38.5 Å². The number of amides is 2. The summed E-state index contributed by atoms with van der Waals surface area (Å²) < 4.78 is 24.4. The lowest BCUT2D eigenvalue weighted by atomic mass is 10.1. The zero-order valence-corrected chi connectivity index (χ0v) is 17.2. The quantitative estimate of drug-likeness (QED) is 0.730. The molecule has 0 radical (unpaired) electrons. The van der Waals surface area contributed by atoms with Crippen LogP contribution in [-0.4, -0.2) is 63.7 Å². The molecule has 2 amide bonds. The first-order valence-corrected chi connectivity index (χ1v) is 9.81. The lowest BCUT2D eigenvalue weighted by molar-refractivity contribution is -0.146. The standard InChI is InChI=1S/C22H26FN3O4/c1-29-19-8-7-16(15-20(19)30-2)9-10-24-21(27)22(28)26-13-11-25(12-14-26)18-6-4-3-5-17(18)23/h3-8,15H,9-14H2,1-2H3,(H,24,27). The maximum atomic E-state index is 13.9. The molecule has 0 aliphatic carbocycles. The molecule has 0 atom stereocenters. The molecule has 0 aromatic heterocycles. The normalized spacial score (nSPS) is 13.7. The van der Waals surface area contributed by atoms with Crippen LogP contribution in [0.25, 0.3) is 0 Å². The van der Waals surface area contributed by atoms with E-state index in [1.807, 2.05) is 17.0 Å². The molecule has 3 rings (SSSR count). The number of ether oxygens (including phenoxy) is 2. The Morgan fingerprint density at radius 1 is 1.00 bits per heavy atom. The molecule has 30 heavy (non-hydrogen) atoms. The van der Waals surface area contributed by atoms with E-state index in [0.717, 1.165) is 5.56 Å². The zero-order valence-electron chi connectivity index (χ0n) is 17.2. The van der Waals surface area contributed by atoms with Crippen LogP contribution < -0.4 is 19.7 Å². The van der Waals surface area contributed by atoms with Crippen LogP contribution in [0.2, 0.25) is 0 Å². The number of hydrogen-bond donors (Lipinski definition) is 1. The molecule has 1 fully saturated rings. The summed E-state index contributed by atoms with van der Waals surface area (Å²) in [5.74, 6) is -0.226. The molecule has 1 heterocycles. The van der Waals surface area contributed by atoms with Crippen LogP contribution in [0.15, 0.2) is 42.5 Å². The van der Waals surface area contributed by atoms with Crippen LogP contribution in [0.5, 0.6) is 11.5 Å². The molecule has 0 spiro atoms. The van der Waals surface area contributed by atoms with Gasteiger partial charge in [-0.2, -0.15) is 0 Å². The van der Waals surface area contributed by atoms with E-state index in [-0.39, 0.29) is 5.82 Å². The zero-order chi connectivity index (χ0) is 21.5. The minimum absolute atomic E-state index is 0.287. The average molecular weight is 415 g/mol. The molecule has 160 valence electrons. The van der Waals surface area contributed by atoms with E-state index < -0.39 is 11.8 Å². The first kappa shape index (κ1) is 21.4. The highest BCUT2D eigenvalue weighted by Crippen LogP contribution is 2.27. The topological polar surface area (TPSA) is 71.1 Å². The fraction of sp³-hybridized carbons (Fsp3) is 0.364. The summed E-state index contributed by atoms with van der Waals surface area (Å²) in [5.41, 5.74) is 1.47. The SMILES string of the molecule is COc1ccc(CCNC(=O)C(=O)N2CCN(c3ccccc3F)CC2)cc1OC. The smallest absolute Gasteiger partial charge is 0.312 e. The van der Waals surface area contributed by atoms with Gasteiger partial charge < -0.3 is 24.6 Å². The number of methoxy groups -OCH3 is 2. The van der Waals surface area contributed by atoms with Gasteiger partial charge in [0.25, 0.3) is 0 Å². The second-order valence-corrected chi connectivity index (χ2v) is 6.93. The Bertz CT molecular complexity index is 898. The number of carbonyl (C=O) groups is 2. The summed E-state index contributed by atoms with van der Waals surface area (Å²) in [5, 5.41) is 2.67. The number of piperazine rings is 1. The van der Waals surface area contributed by atoms with Crippen molar-refractivity contribution in [2.45, 2.75) is 6.42 Å². The number of benzene rings is 2. The Balaban J connectivity index is 1.46. The van der Waals surface area contributed by atoms with Crippen LogP contribution in [0.3, 0.4) is 0 Å². The monoisotopic (exact) mass is 415 g/mol. The molecule has 1 aliphatic heterocycles. The van der Waals surface area contributed by atoms with Crippen LogP contribution in [-0.2, 0) is 16.0 Å². The van der Waals surface area contributed by atoms with Gasteiger partial charge in [-0.05, 0) is 36.2 Å². The third kappa shape index (κ3) is 5.00. The van der Waals surface area contributed by atoms with Crippen molar-refractivity contribution in [2.75, 3.05) is 51.8 Å². The second-order valence-electron chi connectivity index (χ2n) is 6.93. The molecule has 1 aliphatic rings. The van der Waals surface area contributed by atoms with Crippen LogP contribution in [0, 0.1) is 5.82 Å². The van der Waals surface area contributed by atoms with Crippen molar-refractivity contribution in [1.29, 1.82) is 0 Å². The summed E-state index contributed by atoms with van der Waals surface area (Å²) in [6.45, 7) is 2.03. The van der Waals surface area contributed by atoms with Gasteiger partial charge in [0.05, 0.1) is 19.9 Å². The van der Waals surface area contributed by atoms with E-state index in [0.29, 0.717) is 56.3 Å². The van der Waals surface area contributed by atoms with E-state index in [1.165, 1.54) is 11.0 Å². The van der Waals surface area contributed by atoms with Crippen LogP contribution >= 0.6 is 0 Å². The van der Waals surface area contributed by atoms with Gasteiger partial charge in [0, 0.05) is 32.7 Å². The lowest BCUT2D eigenvalue weighted by Crippen LogP contribution is -2.53. The van der Waals surface area contributed by atoms with Crippen molar-refractivity contribution >= 4 is 17.5 Å². The number of para-hydroxylation sites is 1. The summed E-state index contributed by atoms with van der Waals surface area (Å²) in [6.07, 6.45) is 0.556. The Kier molecular flexibility index (Phi) is 7.11. The summed E-state index contributed by atoms with van der Waals surface area (Å²) in [6, 6.07) is 12.1. The van der Waals surface area contributed by atoms with Crippen molar-refractivity contribution in [3.8, 4) is 11.5 Å². The van der Waals surface area contributed by atoms with Crippen molar-refractivity contribution in [3.63, 3.8) is 0 Å². The van der Waals surface area contributed by atoms with Gasteiger partial charge in [0.1, 0.15) is 5.82 Å². The molecule has 2 aromatic carbocycles. The van der Waals surface area contributed by atoms with Gasteiger partial charge in [-0.3, -0.25) is 9.59 Å². The highest BCUT2D eigenvalue weighted by atomic mass is 19.1. The third-order valence-electron chi connectivity index (χ3n) is 5.10. The van der Waals surface area contributed by atoms with Gasteiger partial charge in [0.15, 0.2) is 11.5 Å². The average Bonchev–Trinajstić information content (AvgIpc) is 2.78. The van der Waals surface area contributed by atoms with Gasteiger partial charge >= 0.3 is 11.8 Å². The second kappa shape index (κ2) is 9.96. The highest BCUT2D eigenvalue weighted by molar-refractivity contribution is 6.35. The Morgan fingerprint density at radius 3 is 2.37 bits per heavy atom. The Hall–Kier alpha value is -3.29. The maximum Gasteiger partial charge on any atom is 0.312 e. The number of carbonyl (C=O) groups excluding carboxylic acids is 2. The first-order chi connectivity index (χ1) is 14.5. The first-order valence-electron chi connectivity index (χ1n) is 9.81. The van der Waals surface area contributed by atoms with Gasteiger partial charge in [0.2, 0.25) is 0 Å². The largest absolute Gasteiger partial charge is 0.493 e. The summed E-state index contributed by atoms with van der Waals surface area (Å²) in [7, 11) is 3.13. The predicted molar refractivity (Wildman–Crippen MR) is 111 cm³/mol. The molecule has 1 N–H and O–H groups in total. The predicted octanol–water partition coefficient (Wildman–Crippen LogP) is 1.85. The molecule has 2 aromatic rings. The Labute approximate surface area is 175 Å². The number of hydrogen-bond acceptors (Lipinski definition) is 5. The van der Waals surface area contributed by atoms with Crippen molar-refractivity contribution in [1.82, 2.24) is 10.2 Å². The van der Waals surface area contributed by atoms with E-state index in [4.69, 9.17) is 9.47 Å². The van der Waals surface area contributed by atoms with Gasteiger partial charge in [-0.25, -0.2) is 4.39 Å². The maximum absolute atomic E-state index is 13.9. The van der Waals surface area contributed by atoms with Crippen molar-refractivity contribution in [2.24, 2.45) is 0 Å². The molecule has 7 nitrogen and oxygen atoms in total. The molecular weight excluding hydrogens is 389 g/mol. The number of nitrogens with one attached hydrogen (secondary N) is 1. The van der Waals surface area contributed by atoms with Gasteiger partial charge in [-0.15, -0.1) is 0 Å². The molecular formula is C22H26FN3O4. The highest BCUT2D eigenvalue weighted by Gasteiger charge is 2.26. The lowest BCUT2D eigenvalue weighted by Gasteiger charge is -2.35. The minimum Gasteiger partial charge on any atom is -0.493 e. The van der Waals surface area contributed by atoms with Crippen molar-refractivity contribution < 1.29 is 23.5 Å². The number of anilines is 1. The fourth-order valence-corrected chi connectivity index (χ4v) is 3.43. The van der Waals surface area contributed by atoms with Crippen molar-refractivity contribution in [3.05, 3.63) is 53.8 Å². The summed E-state index contributed by atoms with van der Waals surface area (Å²) in [4.78, 5) is 28.0.